The molecule has 0 saturated carbocycles. The molecule has 0 aliphatic carbocycles. The summed E-state index contributed by atoms with van der Waals surface area (Å²) in [7, 11) is 0. The zero-order valence-electron chi connectivity index (χ0n) is 16.1. The highest BCUT2D eigenvalue weighted by molar-refractivity contribution is 8.00. The number of non-ortho nitro benzene ring substituents is 1. The summed E-state index contributed by atoms with van der Waals surface area (Å²) in [6.07, 6.45) is -0.951. The lowest BCUT2D eigenvalue weighted by Crippen LogP contribution is -2.32. The third-order valence-corrected chi connectivity index (χ3v) is 5.08. The smallest absolute Gasteiger partial charge is 0.319 e. The van der Waals surface area contributed by atoms with E-state index in [4.69, 9.17) is 4.74 Å². The SMILES string of the molecule is Cc1ccc(NC(=O)[C@@H](C)OC(=O)[C@@H](C)Sc2ccc([N+](=O)[O-])cc2)c(C)c1. The number of hydrogen-bond acceptors (Lipinski definition) is 6. The minimum absolute atomic E-state index is 0.0173. The van der Waals surface area contributed by atoms with Crippen molar-refractivity contribution in [3.05, 3.63) is 63.7 Å². The topological polar surface area (TPSA) is 98.5 Å². The number of rotatable bonds is 7. The molecule has 2 rings (SSSR count). The molecule has 0 heterocycles. The van der Waals surface area contributed by atoms with Gasteiger partial charge in [0.1, 0.15) is 5.25 Å². The first-order valence-electron chi connectivity index (χ1n) is 8.67. The average molecular weight is 402 g/mol. The van der Waals surface area contributed by atoms with E-state index in [1.807, 2.05) is 32.0 Å². The second kappa shape index (κ2) is 9.36. The van der Waals surface area contributed by atoms with Crippen LogP contribution in [0.15, 0.2) is 47.4 Å². The van der Waals surface area contributed by atoms with Crippen LogP contribution >= 0.6 is 11.8 Å². The summed E-state index contributed by atoms with van der Waals surface area (Å²) in [4.78, 5) is 35.5. The van der Waals surface area contributed by atoms with Gasteiger partial charge in [0.05, 0.1) is 4.92 Å². The zero-order chi connectivity index (χ0) is 20.8. The molecule has 0 aliphatic rings. The summed E-state index contributed by atoms with van der Waals surface area (Å²) in [5, 5.41) is 12.9. The van der Waals surface area contributed by atoms with Crippen LogP contribution in [0.5, 0.6) is 0 Å². The van der Waals surface area contributed by atoms with Gasteiger partial charge in [-0.3, -0.25) is 19.7 Å². The monoisotopic (exact) mass is 402 g/mol. The fraction of sp³-hybridized carbons (Fsp3) is 0.300. The average Bonchev–Trinajstić information content (AvgIpc) is 2.64. The molecule has 1 N–H and O–H groups in total. The van der Waals surface area contributed by atoms with Crippen molar-refractivity contribution in [2.24, 2.45) is 0 Å². The number of anilines is 1. The number of ether oxygens (including phenoxy) is 1. The molecule has 0 radical (unpaired) electrons. The third kappa shape index (κ3) is 5.82. The number of esters is 1. The minimum atomic E-state index is -0.951. The number of carbonyl (C=O) groups excluding carboxylic acids is 2. The van der Waals surface area contributed by atoms with E-state index in [1.54, 1.807) is 19.1 Å². The first-order valence-corrected chi connectivity index (χ1v) is 9.55. The van der Waals surface area contributed by atoms with Crippen LogP contribution in [0.4, 0.5) is 11.4 Å². The van der Waals surface area contributed by atoms with Gasteiger partial charge < -0.3 is 10.1 Å². The second-order valence-electron chi connectivity index (χ2n) is 6.40. The Morgan fingerprint density at radius 2 is 1.75 bits per heavy atom. The lowest BCUT2D eigenvalue weighted by Gasteiger charge is -2.17. The van der Waals surface area contributed by atoms with Crippen molar-refractivity contribution in [3.8, 4) is 0 Å². The summed E-state index contributed by atoms with van der Waals surface area (Å²) in [5.74, 6) is -0.945. The molecule has 0 aromatic heterocycles. The molecule has 2 aromatic rings. The van der Waals surface area contributed by atoms with Gasteiger partial charge in [0.15, 0.2) is 6.10 Å². The van der Waals surface area contributed by atoms with Crippen molar-refractivity contribution in [3.63, 3.8) is 0 Å². The molecule has 0 bridgehead atoms. The number of nitrogens with zero attached hydrogens (tertiary/aromatic N) is 1. The highest BCUT2D eigenvalue weighted by atomic mass is 32.2. The Hall–Kier alpha value is -2.87. The van der Waals surface area contributed by atoms with Crippen molar-refractivity contribution in [1.82, 2.24) is 0 Å². The van der Waals surface area contributed by atoms with Crippen molar-refractivity contribution < 1.29 is 19.2 Å². The number of benzene rings is 2. The van der Waals surface area contributed by atoms with Gasteiger partial charge in [0, 0.05) is 22.7 Å². The maximum absolute atomic E-state index is 12.3. The van der Waals surface area contributed by atoms with Crippen LogP contribution in [-0.4, -0.2) is 28.2 Å². The first kappa shape index (κ1) is 21.4. The minimum Gasteiger partial charge on any atom is -0.452 e. The van der Waals surface area contributed by atoms with Crippen LogP contribution in [0, 0.1) is 24.0 Å². The van der Waals surface area contributed by atoms with Gasteiger partial charge in [-0.1, -0.05) is 17.7 Å². The van der Waals surface area contributed by atoms with Crippen LogP contribution in [0.3, 0.4) is 0 Å². The molecule has 148 valence electrons. The van der Waals surface area contributed by atoms with Crippen molar-refractivity contribution >= 4 is 35.0 Å². The highest BCUT2D eigenvalue weighted by Gasteiger charge is 2.23. The number of nitrogens with one attached hydrogen (secondary N) is 1. The van der Waals surface area contributed by atoms with E-state index in [0.717, 1.165) is 11.1 Å². The molecule has 28 heavy (non-hydrogen) atoms. The quantitative estimate of drug-likeness (QED) is 0.321. The maximum atomic E-state index is 12.3. The van der Waals surface area contributed by atoms with Gasteiger partial charge in [-0.15, -0.1) is 11.8 Å². The fourth-order valence-corrected chi connectivity index (χ4v) is 3.26. The number of amides is 1. The molecule has 2 aromatic carbocycles. The third-order valence-electron chi connectivity index (χ3n) is 3.99. The van der Waals surface area contributed by atoms with Gasteiger partial charge in [0.2, 0.25) is 0 Å². The maximum Gasteiger partial charge on any atom is 0.319 e. The Morgan fingerprint density at radius 3 is 2.32 bits per heavy atom. The number of carbonyl (C=O) groups is 2. The van der Waals surface area contributed by atoms with Crippen LogP contribution in [0.25, 0.3) is 0 Å². The lowest BCUT2D eigenvalue weighted by molar-refractivity contribution is -0.384. The lowest BCUT2D eigenvalue weighted by atomic mass is 10.1. The van der Waals surface area contributed by atoms with E-state index in [2.05, 4.69) is 5.32 Å². The molecular formula is C20H22N2O5S. The number of hydrogen-bond donors (Lipinski definition) is 1. The van der Waals surface area contributed by atoms with E-state index < -0.39 is 28.2 Å². The van der Waals surface area contributed by atoms with E-state index in [1.165, 1.54) is 30.8 Å². The van der Waals surface area contributed by atoms with Crippen LogP contribution in [0.1, 0.15) is 25.0 Å². The van der Waals surface area contributed by atoms with E-state index in [-0.39, 0.29) is 5.69 Å². The van der Waals surface area contributed by atoms with Crippen LogP contribution < -0.4 is 5.32 Å². The molecule has 0 fully saturated rings. The largest absolute Gasteiger partial charge is 0.452 e. The normalized spacial score (nSPS) is 12.7. The number of nitro groups is 1. The van der Waals surface area contributed by atoms with Crippen molar-refractivity contribution in [1.29, 1.82) is 0 Å². The Balaban J connectivity index is 1.91. The summed E-state index contributed by atoms with van der Waals surface area (Å²) in [6.45, 7) is 7.03. The number of nitro benzene ring substituents is 1. The highest BCUT2D eigenvalue weighted by Crippen LogP contribution is 2.26. The molecule has 2 atom stereocenters. The van der Waals surface area contributed by atoms with E-state index in [0.29, 0.717) is 10.6 Å². The summed E-state index contributed by atoms with van der Waals surface area (Å²) in [5.41, 5.74) is 2.67. The molecule has 0 unspecified atom stereocenters. The second-order valence-corrected chi connectivity index (χ2v) is 7.81. The molecular weight excluding hydrogens is 380 g/mol. The Labute approximate surface area is 167 Å². The van der Waals surface area contributed by atoms with E-state index >= 15 is 0 Å². The van der Waals surface area contributed by atoms with Crippen LogP contribution in [0.2, 0.25) is 0 Å². The first-order chi connectivity index (χ1) is 13.2. The summed E-state index contributed by atoms with van der Waals surface area (Å²) in [6, 6.07) is 11.5. The predicted octanol–water partition coefficient (Wildman–Crippen LogP) is 4.26. The Morgan fingerprint density at radius 1 is 1.11 bits per heavy atom. The zero-order valence-corrected chi connectivity index (χ0v) is 16.9. The molecule has 0 spiro atoms. The molecule has 1 amide bonds. The molecule has 0 saturated heterocycles. The Kier molecular flexibility index (Phi) is 7.17. The molecule has 0 aliphatic heterocycles. The van der Waals surface area contributed by atoms with Gasteiger partial charge in [-0.25, -0.2) is 0 Å². The fourth-order valence-electron chi connectivity index (χ4n) is 2.41. The summed E-state index contributed by atoms with van der Waals surface area (Å²) >= 11 is 1.20. The van der Waals surface area contributed by atoms with Gasteiger partial charge in [0.25, 0.3) is 11.6 Å². The van der Waals surface area contributed by atoms with E-state index in [9.17, 15) is 19.7 Å². The van der Waals surface area contributed by atoms with Crippen LogP contribution in [-0.2, 0) is 14.3 Å². The predicted molar refractivity (Wildman–Crippen MR) is 109 cm³/mol. The van der Waals surface area contributed by atoms with Gasteiger partial charge in [-0.05, 0) is 51.5 Å². The number of aryl methyl sites for hydroxylation is 2. The molecule has 8 heteroatoms. The summed E-state index contributed by atoms with van der Waals surface area (Å²) < 4.78 is 5.26. The Bertz CT molecular complexity index is 883. The molecule has 7 nitrogen and oxygen atoms in total. The standard InChI is InChI=1S/C20H22N2O5S/c1-12-5-10-18(13(2)11-12)21-19(23)14(3)27-20(24)15(4)28-17-8-6-16(7-9-17)22(25)26/h5-11,14-15H,1-4H3,(H,21,23)/t14-,15-/m1/s1. The van der Waals surface area contributed by atoms with Gasteiger partial charge >= 0.3 is 5.97 Å². The number of thioether (sulfide) groups is 1. The van der Waals surface area contributed by atoms with Gasteiger partial charge in [-0.2, -0.15) is 0 Å². The van der Waals surface area contributed by atoms with Crippen molar-refractivity contribution in [2.75, 3.05) is 5.32 Å². The van der Waals surface area contributed by atoms with Crippen molar-refractivity contribution in [2.45, 2.75) is 43.9 Å².